The molecule has 0 saturated carbocycles. The smallest absolute Gasteiger partial charge is 0.0828 e. The molecule has 108 valence electrons. The van der Waals surface area contributed by atoms with Crippen molar-refractivity contribution in [3.63, 3.8) is 0 Å². The van der Waals surface area contributed by atoms with Crippen LogP contribution in [-0.2, 0) is 7.05 Å². The van der Waals surface area contributed by atoms with Crippen molar-refractivity contribution in [2.75, 3.05) is 5.32 Å². The number of nitrogens with one attached hydrogen (secondary N) is 1. The third kappa shape index (κ3) is 2.76. The molecule has 0 fully saturated rings. The number of anilines is 1. The summed E-state index contributed by atoms with van der Waals surface area (Å²) in [6.45, 7) is 6.02. The first kappa shape index (κ1) is 15.5. The first-order chi connectivity index (χ1) is 9.32. The third-order valence-electron chi connectivity index (χ3n) is 3.40. The fourth-order valence-corrected chi connectivity index (χ4v) is 2.86. The highest BCUT2D eigenvalue weighted by Gasteiger charge is 2.17. The van der Waals surface area contributed by atoms with Crippen LogP contribution in [-0.4, -0.2) is 9.78 Å². The Morgan fingerprint density at radius 1 is 1.15 bits per heavy atom. The van der Waals surface area contributed by atoms with E-state index < -0.39 is 0 Å². The van der Waals surface area contributed by atoms with Gasteiger partial charge in [-0.1, -0.05) is 40.9 Å². The van der Waals surface area contributed by atoms with Gasteiger partial charge in [-0.25, -0.2) is 0 Å². The fraction of sp³-hybridized carbons (Fsp3) is 0.357. The molecule has 0 spiro atoms. The molecule has 1 aromatic heterocycles. The van der Waals surface area contributed by atoms with Gasteiger partial charge < -0.3 is 5.32 Å². The van der Waals surface area contributed by atoms with Crippen LogP contribution in [0.25, 0.3) is 0 Å². The monoisotopic (exact) mass is 331 g/mol. The van der Waals surface area contributed by atoms with Gasteiger partial charge in [0.15, 0.2) is 0 Å². The standard InChI is InChI=1S/C14H16Cl3N3/c1-7(10-5-6-11(15)13(17)12(10)16)18-14-8(2)19-20(4)9(14)3/h5-7,18H,1-4H3. The van der Waals surface area contributed by atoms with Gasteiger partial charge in [-0.15, -0.1) is 0 Å². The predicted octanol–water partition coefficient (Wildman–Crippen LogP) is 5.17. The highest BCUT2D eigenvalue weighted by molar-refractivity contribution is 6.48. The number of rotatable bonds is 3. The van der Waals surface area contributed by atoms with Gasteiger partial charge in [0.05, 0.1) is 38.2 Å². The molecule has 2 aromatic rings. The van der Waals surface area contributed by atoms with Crippen LogP contribution in [0.3, 0.4) is 0 Å². The molecule has 0 aliphatic heterocycles. The molecule has 2 rings (SSSR count). The summed E-state index contributed by atoms with van der Waals surface area (Å²) in [5.41, 5.74) is 3.95. The summed E-state index contributed by atoms with van der Waals surface area (Å²) < 4.78 is 1.85. The first-order valence-electron chi connectivity index (χ1n) is 6.23. The second-order valence-corrected chi connectivity index (χ2v) is 5.96. The molecule has 6 heteroatoms. The largest absolute Gasteiger partial charge is 0.375 e. The van der Waals surface area contributed by atoms with Gasteiger partial charge in [-0.05, 0) is 32.4 Å². The minimum Gasteiger partial charge on any atom is -0.375 e. The molecule has 0 radical (unpaired) electrons. The number of hydrogen-bond acceptors (Lipinski definition) is 2. The highest BCUT2D eigenvalue weighted by Crippen LogP contribution is 2.36. The predicted molar refractivity (Wildman–Crippen MR) is 86.2 cm³/mol. The van der Waals surface area contributed by atoms with Gasteiger partial charge >= 0.3 is 0 Å². The van der Waals surface area contributed by atoms with E-state index in [0.717, 1.165) is 22.6 Å². The van der Waals surface area contributed by atoms with Crippen molar-refractivity contribution >= 4 is 40.5 Å². The molecule has 0 aliphatic carbocycles. The molecule has 1 N–H and O–H groups in total. The molecular weight excluding hydrogens is 317 g/mol. The number of aromatic nitrogens is 2. The van der Waals surface area contributed by atoms with Crippen molar-refractivity contribution in [2.24, 2.45) is 7.05 Å². The second kappa shape index (κ2) is 5.84. The van der Waals surface area contributed by atoms with E-state index >= 15 is 0 Å². The minimum atomic E-state index is -0.00105. The molecule has 0 bridgehead atoms. The topological polar surface area (TPSA) is 29.9 Å². The second-order valence-electron chi connectivity index (χ2n) is 4.80. The number of nitrogens with zero attached hydrogens (tertiary/aromatic N) is 2. The average molecular weight is 333 g/mol. The van der Waals surface area contributed by atoms with Crippen molar-refractivity contribution < 1.29 is 0 Å². The Balaban J connectivity index is 2.33. The van der Waals surface area contributed by atoms with E-state index in [1.54, 1.807) is 6.07 Å². The Bertz CT molecular complexity index is 650. The van der Waals surface area contributed by atoms with E-state index in [9.17, 15) is 0 Å². The molecule has 3 nitrogen and oxygen atoms in total. The van der Waals surface area contributed by atoms with Crippen LogP contribution in [0.5, 0.6) is 0 Å². The van der Waals surface area contributed by atoms with Gasteiger partial charge in [0.2, 0.25) is 0 Å². The van der Waals surface area contributed by atoms with Crippen LogP contribution in [0.2, 0.25) is 15.1 Å². The van der Waals surface area contributed by atoms with Gasteiger partial charge in [0.1, 0.15) is 0 Å². The number of halogens is 3. The lowest BCUT2D eigenvalue weighted by molar-refractivity contribution is 0.731. The lowest BCUT2D eigenvalue weighted by Crippen LogP contribution is -2.09. The molecule has 1 aromatic carbocycles. The number of benzene rings is 1. The van der Waals surface area contributed by atoms with E-state index in [0.29, 0.717) is 15.1 Å². The summed E-state index contributed by atoms with van der Waals surface area (Å²) >= 11 is 18.3. The van der Waals surface area contributed by atoms with E-state index in [4.69, 9.17) is 34.8 Å². The zero-order valence-corrected chi connectivity index (χ0v) is 14.0. The summed E-state index contributed by atoms with van der Waals surface area (Å²) in [6.07, 6.45) is 0. The van der Waals surface area contributed by atoms with E-state index in [2.05, 4.69) is 10.4 Å². The Morgan fingerprint density at radius 3 is 2.35 bits per heavy atom. The zero-order valence-electron chi connectivity index (χ0n) is 11.8. The van der Waals surface area contributed by atoms with Gasteiger partial charge in [-0.3, -0.25) is 4.68 Å². The minimum absolute atomic E-state index is 0.00105. The van der Waals surface area contributed by atoms with Gasteiger partial charge in [0.25, 0.3) is 0 Å². The van der Waals surface area contributed by atoms with Crippen LogP contribution >= 0.6 is 34.8 Å². The van der Waals surface area contributed by atoms with Crippen molar-refractivity contribution in [1.29, 1.82) is 0 Å². The molecule has 20 heavy (non-hydrogen) atoms. The summed E-state index contributed by atoms with van der Waals surface area (Å²) in [6, 6.07) is 3.64. The quantitative estimate of drug-likeness (QED) is 0.786. The van der Waals surface area contributed by atoms with Crippen molar-refractivity contribution in [3.05, 3.63) is 44.2 Å². The maximum Gasteiger partial charge on any atom is 0.0828 e. The number of aryl methyl sites for hydroxylation is 2. The Morgan fingerprint density at radius 2 is 1.80 bits per heavy atom. The average Bonchev–Trinajstić information content (AvgIpc) is 2.62. The van der Waals surface area contributed by atoms with Gasteiger partial charge in [0, 0.05) is 7.05 Å². The fourth-order valence-electron chi connectivity index (χ4n) is 2.15. The third-order valence-corrected chi connectivity index (χ3v) is 4.71. The van der Waals surface area contributed by atoms with Crippen molar-refractivity contribution in [1.82, 2.24) is 9.78 Å². The van der Waals surface area contributed by atoms with Crippen LogP contribution < -0.4 is 5.32 Å². The summed E-state index contributed by atoms with van der Waals surface area (Å²) in [5, 5.41) is 9.15. The Labute approximate surface area is 133 Å². The summed E-state index contributed by atoms with van der Waals surface area (Å²) in [7, 11) is 1.92. The molecule has 0 aliphatic rings. The summed E-state index contributed by atoms with van der Waals surface area (Å²) in [5.74, 6) is 0. The van der Waals surface area contributed by atoms with Gasteiger partial charge in [-0.2, -0.15) is 5.10 Å². The normalized spacial score (nSPS) is 12.6. The molecule has 1 unspecified atom stereocenters. The molecule has 0 saturated heterocycles. The van der Waals surface area contributed by atoms with E-state index in [1.165, 1.54) is 0 Å². The SMILES string of the molecule is Cc1nn(C)c(C)c1NC(C)c1ccc(Cl)c(Cl)c1Cl. The molecule has 0 amide bonds. The van der Waals surface area contributed by atoms with E-state index in [-0.39, 0.29) is 6.04 Å². The molecule has 1 heterocycles. The lowest BCUT2D eigenvalue weighted by atomic mass is 10.1. The zero-order chi connectivity index (χ0) is 15.0. The van der Waals surface area contributed by atoms with Crippen LogP contribution in [0.1, 0.15) is 29.9 Å². The maximum atomic E-state index is 6.27. The highest BCUT2D eigenvalue weighted by atomic mass is 35.5. The molecule has 1 atom stereocenters. The first-order valence-corrected chi connectivity index (χ1v) is 7.36. The molecular formula is C14H16Cl3N3. The maximum absolute atomic E-state index is 6.27. The summed E-state index contributed by atoms with van der Waals surface area (Å²) in [4.78, 5) is 0. The lowest BCUT2D eigenvalue weighted by Gasteiger charge is -2.18. The van der Waals surface area contributed by atoms with E-state index in [1.807, 2.05) is 38.6 Å². The van der Waals surface area contributed by atoms with Crippen LogP contribution in [0.15, 0.2) is 12.1 Å². The van der Waals surface area contributed by atoms with Crippen molar-refractivity contribution in [3.8, 4) is 0 Å². The number of hydrogen-bond donors (Lipinski definition) is 1. The van der Waals surface area contributed by atoms with Crippen LogP contribution in [0.4, 0.5) is 5.69 Å². The Hall–Kier alpha value is -0.900. The Kier molecular flexibility index (Phi) is 4.52. The van der Waals surface area contributed by atoms with Crippen LogP contribution in [0, 0.1) is 13.8 Å². The van der Waals surface area contributed by atoms with Crippen molar-refractivity contribution in [2.45, 2.75) is 26.8 Å².